The largest absolute Gasteiger partial charge is 0.411 e. The van der Waals surface area contributed by atoms with Crippen LogP contribution in [0.15, 0.2) is 35.5 Å². The second-order valence-corrected chi connectivity index (χ2v) is 2.32. The van der Waals surface area contributed by atoms with E-state index in [1.807, 2.05) is 18.2 Å². The van der Waals surface area contributed by atoms with Crippen LogP contribution in [0.4, 0.5) is 0 Å². The molecule has 0 saturated carbocycles. The summed E-state index contributed by atoms with van der Waals surface area (Å²) in [6.45, 7) is 0. The number of aryl methyl sites for hydroxylation is 1. The second kappa shape index (κ2) is 4.50. The number of nitrogens with zero attached hydrogens (tertiary/aromatic N) is 1. The highest BCUT2D eigenvalue weighted by atomic mass is 16.4. The molecule has 2 heteroatoms. The van der Waals surface area contributed by atoms with Crippen LogP contribution in [0, 0.1) is 0 Å². The molecular weight excluding hydrogens is 138 g/mol. The van der Waals surface area contributed by atoms with Crippen LogP contribution in [0.1, 0.15) is 12.0 Å². The van der Waals surface area contributed by atoms with Gasteiger partial charge >= 0.3 is 0 Å². The Labute approximate surface area is 66.2 Å². The normalized spacial score (nSPS) is 10.5. The Kier molecular flexibility index (Phi) is 3.19. The van der Waals surface area contributed by atoms with Crippen LogP contribution in [0.25, 0.3) is 0 Å². The summed E-state index contributed by atoms with van der Waals surface area (Å²) in [5.74, 6) is 0. The molecular formula is C9H11NO. The van der Waals surface area contributed by atoms with E-state index in [2.05, 4.69) is 17.3 Å². The summed E-state index contributed by atoms with van der Waals surface area (Å²) in [4.78, 5) is 0. The molecule has 0 aliphatic heterocycles. The standard InChI is InChI=1S/C9H11NO/c11-10-8-4-7-9-5-2-1-3-6-9/h1-3,5-6,8,11H,4,7H2/b10-8-. The first-order valence-electron chi connectivity index (χ1n) is 3.63. The van der Waals surface area contributed by atoms with Gasteiger partial charge in [-0.2, -0.15) is 0 Å². The van der Waals surface area contributed by atoms with Crippen LogP contribution in [-0.4, -0.2) is 11.4 Å². The molecule has 0 radical (unpaired) electrons. The number of rotatable bonds is 3. The van der Waals surface area contributed by atoms with Gasteiger partial charge in [0.25, 0.3) is 0 Å². The molecule has 0 aliphatic rings. The highest BCUT2D eigenvalue weighted by Crippen LogP contribution is 2.00. The topological polar surface area (TPSA) is 32.6 Å². The molecule has 1 N–H and O–H groups in total. The summed E-state index contributed by atoms with van der Waals surface area (Å²) >= 11 is 0. The predicted molar refractivity (Wildman–Crippen MR) is 45.0 cm³/mol. The molecule has 0 fully saturated rings. The maximum Gasteiger partial charge on any atom is 0.0439 e. The number of hydrogen-bond acceptors (Lipinski definition) is 2. The van der Waals surface area contributed by atoms with Crippen LogP contribution in [0.5, 0.6) is 0 Å². The fourth-order valence-electron chi connectivity index (χ4n) is 0.934. The van der Waals surface area contributed by atoms with Gasteiger partial charge in [0.15, 0.2) is 0 Å². The minimum Gasteiger partial charge on any atom is -0.411 e. The minimum atomic E-state index is 0.792. The molecule has 0 heterocycles. The summed E-state index contributed by atoms with van der Waals surface area (Å²) in [5.41, 5.74) is 1.27. The Balaban J connectivity index is 2.39. The van der Waals surface area contributed by atoms with E-state index < -0.39 is 0 Å². The average Bonchev–Trinajstić information content (AvgIpc) is 2.07. The third-order valence-corrected chi connectivity index (χ3v) is 1.49. The van der Waals surface area contributed by atoms with Crippen LogP contribution < -0.4 is 0 Å². The van der Waals surface area contributed by atoms with Gasteiger partial charge in [0.05, 0.1) is 0 Å². The van der Waals surface area contributed by atoms with Gasteiger partial charge in [-0.3, -0.25) is 0 Å². The molecule has 1 aromatic carbocycles. The van der Waals surface area contributed by atoms with E-state index in [1.54, 1.807) is 0 Å². The zero-order valence-corrected chi connectivity index (χ0v) is 6.27. The van der Waals surface area contributed by atoms with Gasteiger partial charge < -0.3 is 5.21 Å². The van der Waals surface area contributed by atoms with Crippen molar-refractivity contribution in [2.24, 2.45) is 5.16 Å². The van der Waals surface area contributed by atoms with Crippen molar-refractivity contribution in [3.63, 3.8) is 0 Å². The molecule has 0 unspecified atom stereocenters. The average molecular weight is 149 g/mol. The highest BCUT2D eigenvalue weighted by Gasteiger charge is 1.87. The van der Waals surface area contributed by atoms with Crippen molar-refractivity contribution in [3.05, 3.63) is 35.9 Å². The highest BCUT2D eigenvalue weighted by molar-refractivity contribution is 5.56. The molecule has 11 heavy (non-hydrogen) atoms. The molecule has 1 aromatic rings. The molecule has 58 valence electrons. The maximum atomic E-state index is 8.11. The zero-order valence-electron chi connectivity index (χ0n) is 6.27. The van der Waals surface area contributed by atoms with E-state index in [1.165, 1.54) is 11.8 Å². The van der Waals surface area contributed by atoms with Crippen LogP contribution in [-0.2, 0) is 6.42 Å². The molecule has 2 nitrogen and oxygen atoms in total. The lowest BCUT2D eigenvalue weighted by atomic mass is 10.1. The van der Waals surface area contributed by atoms with Gasteiger partial charge in [0.2, 0.25) is 0 Å². The monoisotopic (exact) mass is 149 g/mol. The van der Waals surface area contributed by atoms with Crippen LogP contribution in [0.3, 0.4) is 0 Å². The molecule has 1 rings (SSSR count). The van der Waals surface area contributed by atoms with Crippen molar-refractivity contribution >= 4 is 6.21 Å². The summed E-state index contributed by atoms with van der Waals surface area (Å²) in [6.07, 6.45) is 3.23. The Morgan fingerprint density at radius 3 is 2.64 bits per heavy atom. The first kappa shape index (κ1) is 7.79. The van der Waals surface area contributed by atoms with Crippen LogP contribution in [0.2, 0.25) is 0 Å². The van der Waals surface area contributed by atoms with Gasteiger partial charge in [0, 0.05) is 6.21 Å². The molecule has 0 amide bonds. The summed E-state index contributed by atoms with van der Waals surface area (Å²) in [6, 6.07) is 10.1. The van der Waals surface area contributed by atoms with Crippen molar-refractivity contribution in [2.75, 3.05) is 0 Å². The zero-order chi connectivity index (χ0) is 7.94. The summed E-state index contributed by atoms with van der Waals surface area (Å²) < 4.78 is 0. The van der Waals surface area contributed by atoms with Gasteiger partial charge in [-0.25, -0.2) is 0 Å². The van der Waals surface area contributed by atoms with E-state index in [4.69, 9.17) is 5.21 Å². The third-order valence-electron chi connectivity index (χ3n) is 1.49. The minimum absolute atomic E-state index is 0.792. The Bertz CT molecular complexity index is 218. The third kappa shape index (κ3) is 2.85. The number of benzene rings is 1. The lowest BCUT2D eigenvalue weighted by Crippen LogP contribution is -1.84. The number of hydrogen-bond donors (Lipinski definition) is 1. The van der Waals surface area contributed by atoms with E-state index in [0.29, 0.717) is 0 Å². The fourth-order valence-corrected chi connectivity index (χ4v) is 0.934. The molecule has 0 bridgehead atoms. The van der Waals surface area contributed by atoms with Crippen molar-refractivity contribution in [1.29, 1.82) is 0 Å². The van der Waals surface area contributed by atoms with Gasteiger partial charge in [-0.15, -0.1) is 5.16 Å². The molecule has 0 saturated heterocycles. The first-order valence-corrected chi connectivity index (χ1v) is 3.63. The quantitative estimate of drug-likeness (QED) is 0.398. The molecule has 0 aromatic heterocycles. The van der Waals surface area contributed by atoms with Crippen molar-refractivity contribution < 1.29 is 5.21 Å². The summed E-state index contributed by atoms with van der Waals surface area (Å²) in [7, 11) is 0. The van der Waals surface area contributed by atoms with Gasteiger partial charge in [0.1, 0.15) is 0 Å². The van der Waals surface area contributed by atoms with E-state index in [9.17, 15) is 0 Å². The van der Waals surface area contributed by atoms with Gasteiger partial charge in [-0.1, -0.05) is 30.3 Å². The second-order valence-electron chi connectivity index (χ2n) is 2.32. The Morgan fingerprint density at radius 2 is 2.00 bits per heavy atom. The van der Waals surface area contributed by atoms with Crippen molar-refractivity contribution in [1.82, 2.24) is 0 Å². The van der Waals surface area contributed by atoms with Crippen LogP contribution >= 0.6 is 0 Å². The fraction of sp³-hybridized carbons (Fsp3) is 0.222. The molecule has 0 atom stereocenters. The van der Waals surface area contributed by atoms with Gasteiger partial charge in [-0.05, 0) is 18.4 Å². The predicted octanol–water partition coefficient (Wildman–Crippen LogP) is 2.08. The van der Waals surface area contributed by atoms with Crippen molar-refractivity contribution in [3.8, 4) is 0 Å². The number of oxime groups is 1. The Hall–Kier alpha value is -1.31. The molecule has 0 spiro atoms. The summed E-state index contributed by atoms with van der Waals surface area (Å²) in [5, 5.41) is 11.0. The Morgan fingerprint density at radius 1 is 1.27 bits per heavy atom. The van der Waals surface area contributed by atoms with E-state index in [0.717, 1.165) is 12.8 Å². The van der Waals surface area contributed by atoms with Crippen molar-refractivity contribution in [2.45, 2.75) is 12.8 Å². The lowest BCUT2D eigenvalue weighted by Gasteiger charge is -1.94. The smallest absolute Gasteiger partial charge is 0.0439 e. The lowest BCUT2D eigenvalue weighted by molar-refractivity contribution is 0.320. The van der Waals surface area contributed by atoms with E-state index >= 15 is 0 Å². The van der Waals surface area contributed by atoms with E-state index in [-0.39, 0.29) is 0 Å². The molecule has 0 aliphatic carbocycles. The first-order chi connectivity index (χ1) is 5.43. The maximum absolute atomic E-state index is 8.11. The SMILES string of the molecule is O/N=C\CCc1ccccc1.